The zero-order valence-electron chi connectivity index (χ0n) is 10.9. The SMILES string of the molecule is c1ccc2c3c(nc(N4CCNCC4)c2c1)OCC3. The predicted molar refractivity (Wildman–Crippen MR) is 76.0 cm³/mol. The molecule has 1 fully saturated rings. The van der Waals surface area contributed by atoms with Crippen molar-refractivity contribution in [3.8, 4) is 5.88 Å². The van der Waals surface area contributed by atoms with E-state index in [1.807, 2.05) is 0 Å². The Morgan fingerprint density at radius 1 is 1.11 bits per heavy atom. The fourth-order valence-electron chi connectivity index (χ4n) is 3.01. The van der Waals surface area contributed by atoms with E-state index in [0.29, 0.717) is 0 Å². The lowest BCUT2D eigenvalue weighted by atomic mass is 10.0. The lowest BCUT2D eigenvalue weighted by molar-refractivity contribution is 0.345. The van der Waals surface area contributed by atoms with E-state index in [4.69, 9.17) is 9.72 Å². The Morgan fingerprint density at radius 3 is 2.74 bits per heavy atom. The third kappa shape index (κ3) is 1.75. The van der Waals surface area contributed by atoms with E-state index >= 15 is 0 Å². The summed E-state index contributed by atoms with van der Waals surface area (Å²) in [4.78, 5) is 7.14. The summed E-state index contributed by atoms with van der Waals surface area (Å²) in [5.74, 6) is 1.92. The Kier molecular flexibility index (Phi) is 2.55. The molecule has 98 valence electrons. The van der Waals surface area contributed by atoms with Gasteiger partial charge in [-0.15, -0.1) is 0 Å². The van der Waals surface area contributed by atoms with Gasteiger partial charge >= 0.3 is 0 Å². The van der Waals surface area contributed by atoms with Gasteiger partial charge in [-0.05, 0) is 5.39 Å². The van der Waals surface area contributed by atoms with Gasteiger partial charge in [0.1, 0.15) is 5.82 Å². The number of nitrogens with zero attached hydrogens (tertiary/aromatic N) is 2. The van der Waals surface area contributed by atoms with Crippen LogP contribution in [0, 0.1) is 0 Å². The molecule has 4 rings (SSSR count). The van der Waals surface area contributed by atoms with E-state index in [-0.39, 0.29) is 0 Å². The highest BCUT2D eigenvalue weighted by Gasteiger charge is 2.22. The van der Waals surface area contributed by atoms with Crippen LogP contribution in [0.4, 0.5) is 5.82 Å². The van der Waals surface area contributed by atoms with E-state index in [1.54, 1.807) is 0 Å². The van der Waals surface area contributed by atoms with Crippen molar-refractivity contribution in [1.82, 2.24) is 10.3 Å². The summed E-state index contributed by atoms with van der Waals surface area (Å²) in [5.41, 5.74) is 1.27. The number of anilines is 1. The van der Waals surface area contributed by atoms with E-state index < -0.39 is 0 Å². The van der Waals surface area contributed by atoms with Gasteiger partial charge < -0.3 is 15.0 Å². The molecule has 0 spiro atoms. The Bertz CT molecular complexity index is 620. The Balaban J connectivity index is 1.92. The first-order chi connectivity index (χ1) is 9.43. The molecule has 1 aromatic carbocycles. The largest absolute Gasteiger partial charge is 0.477 e. The molecular formula is C15H17N3O. The summed E-state index contributed by atoms with van der Waals surface area (Å²) >= 11 is 0. The fraction of sp³-hybridized carbons (Fsp3) is 0.400. The number of piperazine rings is 1. The first kappa shape index (κ1) is 11.1. The van der Waals surface area contributed by atoms with E-state index in [1.165, 1.54) is 16.3 Å². The van der Waals surface area contributed by atoms with Gasteiger partial charge in [0, 0.05) is 43.5 Å². The zero-order valence-corrected chi connectivity index (χ0v) is 10.9. The van der Waals surface area contributed by atoms with Crippen molar-refractivity contribution in [2.24, 2.45) is 0 Å². The van der Waals surface area contributed by atoms with Crippen LogP contribution in [0.1, 0.15) is 5.56 Å². The summed E-state index contributed by atoms with van der Waals surface area (Å²) in [6, 6.07) is 8.56. The van der Waals surface area contributed by atoms with Crippen LogP contribution in [-0.4, -0.2) is 37.8 Å². The summed E-state index contributed by atoms with van der Waals surface area (Å²) in [5, 5.41) is 5.95. The molecule has 1 N–H and O–H groups in total. The molecule has 2 aliphatic rings. The van der Waals surface area contributed by atoms with Crippen LogP contribution in [0.25, 0.3) is 10.8 Å². The van der Waals surface area contributed by atoms with Crippen LogP contribution in [0.15, 0.2) is 24.3 Å². The normalized spacial score (nSPS) is 18.4. The second kappa shape index (κ2) is 4.38. The molecule has 0 atom stereocenters. The summed E-state index contributed by atoms with van der Waals surface area (Å²) in [7, 11) is 0. The fourth-order valence-corrected chi connectivity index (χ4v) is 3.01. The molecule has 0 aliphatic carbocycles. The third-order valence-electron chi connectivity index (χ3n) is 3.97. The van der Waals surface area contributed by atoms with Gasteiger partial charge in [-0.2, -0.15) is 4.98 Å². The van der Waals surface area contributed by atoms with Crippen molar-refractivity contribution in [2.75, 3.05) is 37.7 Å². The zero-order chi connectivity index (χ0) is 12.7. The molecule has 4 nitrogen and oxygen atoms in total. The van der Waals surface area contributed by atoms with Crippen molar-refractivity contribution < 1.29 is 4.74 Å². The summed E-state index contributed by atoms with van der Waals surface area (Å²) in [6.45, 7) is 4.82. The molecule has 0 unspecified atom stereocenters. The molecule has 1 saturated heterocycles. The number of hydrogen-bond donors (Lipinski definition) is 1. The molecule has 3 heterocycles. The average molecular weight is 255 g/mol. The molecule has 1 aromatic heterocycles. The lowest BCUT2D eigenvalue weighted by Crippen LogP contribution is -2.44. The molecule has 0 radical (unpaired) electrons. The van der Waals surface area contributed by atoms with E-state index in [9.17, 15) is 0 Å². The van der Waals surface area contributed by atoms with Gasteiger partial charge in [-0.25, -0.2) is 0 Å². The molecule has 0 bridgehead atoms. The van der Waals surface area contributed by atoms with Crippen molar-refractivity contribution in [3.05, 3.63) is 29.8 Å². The van der Waals surface area contributed by atoms with E-state index in [2.05, 4.69) is 34.5 Å². The number of nitrogens with one attached hydrogen (secondary N) is 1. The molecule has 19 heavy (non-hydrogen) atoms. The molecule has 4 heteroatoms. The van der Waals surface area contributed by atoms with Crippen LogP contribution in [0.5, 0.6) is 5.88 Å². The molecule has 0 saturated carbocycles. The highest BCUT2D eigenvalue weighted by molar-refractivity contribution is 5.96. The van der Waals surface area contributed by atoms with Crippen molar-refractivity contribution in [3.63, 3.8) is 0 Å². The maximum atomic E-state index is 5.68. The van der Waals surface area contributed by atoms with Gasteiger partial charge in [-0.3, -0.25) is 0 Å². The quantitative estimate of drug-likeness (QED) is 0.839. The number of ether oxygens (including phenoxy) is 1. The van der Waals surface area contributed by atoms with Gasteiger partial charge in [0.25, 0.3) is 0 Å². The third-order valence-corrected chi connectivity index (χ3v) is 3.97. The minimum atomic E-state index is 0.761. The standard InChI is InChI=1S/C15H17N3O/c1-2-4-12-11(3-1)13-5-10-19-15(13)17-14(12)18-8-6-16-7-9-18/h1-4,16H,5-10H2. The van der Waals surface area contributed by atoms with Crippen LogP contribution in [0.2, 0.25) is 0 Å². The van der Waals surface area contributed by atoms with Crippen LogP contribution in [-0.2, 0) is 6.42 Å². The van der Waals surface area contributed by atoms with E-state index in [0.717, 1.165) is 50.9 Å². The minimum absolute atomic E-state index is 0.761. The van der Waals surface area contributed by atoms with Gasteiger partial charge in [0.15, 0.2) is 0 Å². The second-order valence-electron chi connectivity index (χ2n) is 5.10. The maximum absolute atomic E-state index is 5.68. The molecule has 0 amide bonds. The molecule has 2 aromatic rings. The van der Waals surface area contributed by atoms with Crippen molar-refractivity contribution >= 4 is 16.6 Å². The van der Waals surface area contributed by atoms with Crippen molar-refractivity contribution in [2.45, 2.75) is 6.42 Å². The van der Waals surface area contributed by atoms with Crippen LogP contribution in [0.3, 0.4) is 0 Å². The Hall–Kier alpha value is -1.81. The van der Waals surface area contributed by atoms with Gasteiger partial charge in [0.05, 0.1) is 6.61 Å². The first-order valence-corrected chi connectivity index (χ1v) is 6.93. The van der Waals surface area contributed by atoms with Crippen molar-refractivity contribution in [1.29, 1.82) is 0 Å². The number of fused-ring (bicyclic) bond motifs is 3. The maximum Gasteiger partial charge on any atom is 0.219 e. The molecular weight excluding hydrogens is 238 g/mol. The number of benzene rings is 1. The number of hydrogen-bond acceptors (Lipinski definition) is 4. The summed E-state index contributed by atoms with van der Waals surface area (Å²) in [6.07, 6.45) is 0.977. The Labute approximate surface area is 112 Å². The number of aromatic nitrogens is 1. The second-order valence-corrected chi connectivity index (χ2v) is 5.10. The highest BCUT2D eigenvalue weighted by Crippen LogP contribution is 2.36. The van der Waals surface area contributed by atoms with Gasteiger partial charge in [-0.1, -0.05) is 24.3 Å². The average Bonchev–Trinajstić information content (AvgIpc) is 2.96. The molecule has 2 aliphatic heterocycles. The Morgan fingerprint density at radius 2 is 1.89 bits per heavy atom. The highest BCUT2D eigenvalue weighted by atomic mass is 16.5. The topological polar surface area (TPSA) is 37.4 Å². The van der Waals surface area contributed by atoms with Crippen LogP contribution >= 0.6 is 0 Å². The monoisotopic (exact) mass is 255 g/mol. The minimum Gasteiger partial charge on any atom is -0.477 e. The predicted octanol–water partition coefficient (Wildman–Crippen LogP) is 1.58. The lowest BCUT2D eigenvalue weighted by Gasteiger charge is -2.29. The first-order valence-electron chi connectivity index (χ1n) is 6.93. The van der Waals surface area contributed by atoms with Crippen LogP contribution < -0.4 is 15.0 Å². The smallest absolute Gasteiger partial charge is 0.219 e. The number of pyridine rings is 1. The van der Waals surface area contributed by atoms with Gasteiger partial charge in [0.2, 0.25) is 5.88 Å². The summed E-state index contributed by atoms with van der Waals surface area (Å²) < 4.78 is 5.68. The number of rotatable bonds is 1.